The fourth-order valence-electron chi connectivity index (χ4n) is 3.92. The summed E-state index contributed by atoms with van der Waals surface area (Å²) in [7, 11) is 1.94. The van der Waals surface area contributed by atoms with Gasteiger partial charge in [0.15, 0.2) is 0 Å². The molecule has 2 fully saturated rings. The minimum atomic E-state index is 0.153. The van der Waals surface area contributed by atoms with Crippen LogP contribution in [-0.2, 0) is 18.3 Å². The van der Waals surface area contributed by atoms with Crippen molar-refractivity contribution in [2.45, 2.75) is 25.2 Å². The molecule has 1 amide bonds. The topological polar surface area (TPSA) is 38.1 Å². The second kappa shape index (κ2) is 6.25. The van der Waals surface area contributed by atoms with Gasteiger partial charge in [0.2, 0.25) is 5.91 Å². The lowest BCUT2D eigenvalue weighted by atomic mass is 10.0. The summed E-state index contributed by atoms with van der Waals surface area (Å²) < 4.78 is 1.84. The summed E-state index contributed by atoms with van der Waals surface area (Å²) in [5.41, 5.74) is 2.46. The summed E-state index contributed by atoms with van der Waals surface area (Å²) in [6.07, 6.45) is 7.07. The Kier molecular flexibility index (Phi) is 4.09. The van der Waals surface area contributed by atoms with E-state index in [0.717, 1.165) is 37.4 Å². The number of benzene rings is 1. The van der Waals surface area contributed by atoms with Crippen LogP contribution in [-0.4, -0.2) is 33.7 Å². The van der Waals surface area contributed by atoms with Crippen LogP contribution in [0.4, 0.5) is 0 Å². The maximum atomic E-state index is 12.8. The van der Waals surface area contributed by atoms with Gasteiger partial charge in [0.1, 0.15) is 0 Å². The molecule has 1 aromatic heterocycles. The summed E-state index contributed by atoms with van der Waals surface area (Å²) in [6, 6.07) is 7.93. The molecule has 2 aliphatic rings. The maximum Gasteiger partial charge on any atom is 0.226 e. The molecule has 1 aliphatic heterocycles. The number of likely N-dealkylation sites (tertiary alicyclic amines) is 1. The van der Waals surface area contributed by atoms with Crippen molar-refractivity contribution in [2.24, 2.45) is 18.9 Å². The van der Waals surface area contributed by atoms with E-state index in [-0.39, 0.29) is 5.92 Å². The van der Waals surface area contributed by atoms with Crippen molar-refractivity contribution in [3.05, 3.63) is 52.8 Å². The van der Waals surface area contributed by atoms with Crippen LogP contribution >= 0.6 is 11.6 Å². The molecular formula is C19H22ClN3O. The van der Waals surface area contributed by atoms with Gasteiger partial charge >= 0.3 is 0 Å². The third-order valence-electron chi connectivity index (χ3n) is 5.26. The van der Waals surface area contributed by atoms with Crippen LogP contribution in [0.2, 0.25) is 5.02 Å². The van der Waals surface area contributed by atoms with Gasteiger partial charge in [0.05, 0.1) is 6.20 Å². The number of nitrogens with zero attached hydrogens (tertiary/aromatic N) is 3. The molecule has 126 valence electrons. The van der Waals surface area contributed by atoms with Gasteiger partial charge in [0, 0.05) is 37.3 Å². The van der Waals surface area contributed by atoms with Gasteiger partial charge in [-0.15, -0.1) is 0 Å². The lowest BCUT2D eigenvalue weighted by Crippen LogP contribution is -2.30. The minimum Gasteiger partial charge on any atom is -0.342 e. The van der Waals surface area contributed by atoms with E-state index in [4.69, 9.17) is 11.6 Å². The van der Waals surface area contributed by atoms with E-state index in [1.165, 1.54) is 11.1 Å². The molecule has 0 N–H and O–H groups in total. The van der Waals surface area contributed by atoms with Crippen LogP contribution in [0.5, 0.6) is 0 Å². The molecule has 2 aromatic rings. The van der Waals surface area contributed by atoms with Crippen LogP contribution < -0.4 is 0 Å². The van der Waals surface area contributed by atoms with E-state index in [1.807, 2.05) is 36.1 Å². The highest BCUT2D eigenvalue weighted by Crippen LogP contribution is 2.49. The number of carbonyl (C=O) groups is 1. The van der Waals surface area contributed by atoms with Crippen molar-refractivity contribution < 1.29 is 4.79 Å². The Morgan fingerprint density at radius 1 is 1.42 bits per heavy atom. The van der Waals surface area contributed by atoms with Gasteiger partial charge in [-0.05, 0) is 54.4 Å². The number of carbonyl (C=O) groups excluding carboxylic acids is 1. The van der Waals surface area contributed by atoms with Gasteiger partial charge in [-0.25, -0.2) is 0 Å². The first-order valence-corrected chi connectivity index (χ1v) is 8.99. The number of aromatic nitrogens is 2. The molecule has 4 rings (SSSR count). The smallest absolute Gasteiger partial charge is 0.226 e. The first-order valence-electron chi connectivity index (χ1n) is 8.62. The standard InChI is InChI=1S/C19H22ClN3O/c1-22-11-14(10-21-22)7-13-5-6-23(12-13)19(24)18-9-17(18)15-3-2-4-16(20)8-15/h2-4,8,10-11,13,17-18H,5-7,9,12H2,1H3/t13-,17-,18-/m0/s1. The van der Waals surface area contributed by atoms with E-state index >= 15 is 0 Å². The highest BCUT2D eigenvalue weighted by Gasteiger charge is 2.46. The number of aryl methyl sites for hydroxylation is 1. The van der Waals surface area contributed by atoms with E-state index in [2.05, 4.69) is 22.3 Å². The molecule has 0 radical (unpaired) electrons. The highest BCUT2D eigenvalue weighted by molar-refractivity contribution is 6.30. The Bertz CT molecular complexity index is 757. The Morgan fingerprint density at radius 2 is 2.29 bits per heavy atom. The monoisotopic (exact) mass is 343 g/mol. The molecule has 5 heteroatoms. The Morgan fingerprint density at radius 3 is 3.04 bits per heavy atom. The van der Waals surface area contributed by atoms with Crippen molar-refractivity contribution in [1.82, 2.24) is 14.7 Å². The van der Waals surface area contributed by atoms with E-state index in [9.17, 15) is 4.79 Å². The van der Waals surface area contributed by atoms with Crippen molar-refractivity contribution >= 4 is 17.5 Å². The summed E-state index contributed by atoms with van der Waals surface area (Å²) in [5, 5.41) is 4.98. The Balaban J connectivity index is 1.33. The molecule has 1 saturated carbocycles. The van der Waals surface area contributed by atoms with Crippen molar-refractivity contribution in [1.29, 1.82) is 0 Å². The molecule has 0 unspecified atom stereocenters. The van der Waals surface area contributed by atoms with E-state index in [1.54, 1.807) is 0 Å². The average molecular weight is 344 g/mol. The van der Waals surface area contributed by atoms with Gasteiger partial charge in [0.25, 0.3) is 0 Å². The molecule has 1 aromatic carbocycles. The Hall–Kier alpha value is -1.81. The quantitative estimate of drug-likeness (QED) is 0.854. The van der Waals surface area contributed by atoms with Crippen molar-refractivity contribution in [3.63, 3.8) is 0 Å². The minimum absolute atomic E-state index is 0.153. The summed E-state index contributed by atoms with van der Waals surface area (Å²) >= 11 is 6.07. The molecule has 0 bridgehead atoms. The van der Waals surface area contributed by atoms with Crippen molar-refractivity contribution in [2.75, 3.05) is 13.1 Å². The fourth-order valence-corrected chi connectivity index (χ4v) is 4.12. The molecule has 1 saturated heterocycles. The second-order valence-electron chi connectivity index (χ2n) is 7.17. The fraction of sp³-hybridized carbons (Fsp3) is 0.474. The molecular weight excluding hydrogens is 322 g/mol. The third-order valence-corrected chi connectivity index (χ3v) is 5.50. The van der Waals surface area contributed by atoms with Gasteiger partial charge in [-0.3, -0.25) is 9.48 Å². The van der Waals surface area contributed by atoms with Crippen molar-refractivity contribution in [3.8, 4) is 0 Å². The molecule has 3 atom stereocenters. The Labute approximate surface area is 147 Å². The summed E-state index contributed by atoms with van der Waals surface area (Å²) in [6.45, 7) is 1.77. The number of hydrogen-bond donors (Lipinski definition) is 0. The zero-order valence-electron chi connectivity index (χ0n) is 13.9. The predicted octanol–water partition coefficient (Wildman–Crippen LogP) is 3.27. The van der Waals surface area contributed by atoms with E-state index < -0.39 is 0 Å². The molecule has 0 spiro atoms. The first kappa shape index (κ1) is 15.7. The van der Waals surface area contributed by atoms with Gasteiger partial charge < -0.3 is 4.90 Å². The highest BCUT2D eigenvalue weighted by atomic mass is 35.5. The van der Waals surface area contributed by atoms with Gasteiger partial charge in [-0.2, -0.15) is 5.10 Å². The van der Waals surface area contributed by atoms with Crippen LogP contribution in [0, 0.1) is 11.8 Å². The molecule has 24 heavy (non-hydrogen) atoms. The molecule has 2 heterocycles. The second-order valence-corrected chi connectivity index (χ2v) is 7.61. The largest absolute Gasteiger partial charge is 0.342 e. The number of rotatable bonds is 4. The van der Waals surface area contributed by atoms with Crippen LogP contribution in [0.25, 0.3) is 0 Å². The van der Waals surface area contributed by atoms with E-state index in [0.29, 0.717) is 17.7 Å². The number of hydrogen-bond acceptors (Lipinski definition) is 2. The SMILES string of the molecule is Cn1cc(C[C@@H]2CCN(C(=O)[C@H]3C[C@H]3c3cccc(Cl)c3)C2)cn1. The van der Waals surface area contributed by atoms with Crippen LogP contribution in [0.1, 0.15) is 29.9 Å². The summed E-state index contributed by atoms with van der Waals surface area (Å²) in [5.74, 6) is 1.39. The average Bonchev–Trinajstić information content (AvgIpc) is 3.06. The third kappa shape index (κ3) is 3.20. The maximum absolute atomic E-state index is 12.8. The number of amides is 1. The number of halogens is 1. The first-order chi connectivity index (χ1) is 11.6. The zero-order chi connectivity index (χ0) is 16.7. The zero-order valence-corrected chi connectivity index (χ0v) is 14.6. The molecule has 1 aliphatic carbocycles. The molecule has 4 nitrogen and oxygen atoms in total. The predicted molar refractivity (Wildman–Crippen MR) is 93.9 cm³/mol. The summed E-state index contributed by atoms with van der Waals surface area (Å²) in [4.78, 5) is 14.8. The van der Waals surface area contributed by atoms with Crippen LogP contribution in [0.3, 0.4) is 0 Å². The van der Waals surface area contributed by atoms with Gasteiger partial charge in [-0.1, -0.05) is 23.7 Å². The van der Waals surface area contributed by atoms with Crippen LogP contribution in [0.15, 0.2) is 36.7 Å². The lowest BCUT2D eigenvalue weighted by molar-refractivity contribution is -0.131. The normalized spacial score (nSPS) is 25.9. The lowest BCUT2D eigenvalue weighted by Gasteiger charge is -2.16.